The van der Waals surface area contributed by atoms with E-state index in [0.29, 0.717) is 0 Å². The first-order valence-electron chi connectivity index (χ1n) is 12.7. The smallest absolute Gasteiger partial charge is 0.191 e. The Morgan fingerprint density at radius 3 is 1.73 bits per heavy atom. The molecule has 0 radical (unpaired) electrons. The lowest BCUT2D eigenvalue weighted by Gasteiger charge is -2.28. The maximum Gasteiger partial charge on any atom is 0.217 e. The van der Waals surface area contributed by atoms with Gasteiger partial charge in [-0.25, -0.2) is 0 Å². The molecular weight excluding hydrogens is 398 g/mol. The summed E-state index contributed by atoms with van der Waals surface area (Å²) >= 11 is 0. The third kappa shape index (κ3) is 3.42. The first kappa shape index (κ1) is 20.4. The molecule has 0 saturated heterocycles. The topological polar surface area (TPSA) is 3.88 Å². The first-order valence-corrected chi connectivity index (χ1v) is 12.7. The number of hydrogen-bond acceptors (Lipinski definition) is 0. The van der Waals surface area contributed by atoms with Gasteiger partial charge in [0.25, 0.3) is 0 Å². The Morgan fingerprint density at radius 2 is 1.15 bits per heavy atom. The molecule has 1 heteroatoms. The summed E-state index contributed by atoms with van der Waals surface area (Å²) in [6.45, 7) is 3.40. The molecule has 1 nitrogen and oxygen atoms in total. The molecule has 33 heavy (non-hydrogen) atoms. The number of aryl methyl sites for hydroxylation is 2. The highest BCUT2D eigenvalue weighted by Crippen LogP contribution is 2.44. The van der Waals surface area contributed by atoms with Crippen LogP contribution in [-0.4, -0.2) is 0 Å². The summed E-state index contributed by atoms with van der Waals surface area (Å²) in [5, 5.41) is 0. The van der Waals surface area contributed by atoms with Crippen molar-refractivity contribution in [2.24, 2.45) is 0 Å². The lowest BCUT2D eigenvalue weighted by Crippen LogP contribution is -2.43. The van der Waals surface area contributed by atoms with Gasteiger partial charge in [0.05, 0.1) is 0 Å². The molecule has 3 aromatic carbocycles. The average molecular weight is 431 g/mol. The summed E-state index contributed by atoms with van der Waals surface area (Å²) in [5.74, 6) is 0. The molecule has 0 amide bonds. The van der Waals surface area contributed by atoms with Crippen LogP contribution < -0.4 is 4.57 Å². The van der Waals surface area contributed by atoms with Crippen LogP contribution in [0.2, 0.25) is 0 Å². The first-order chi connectivity index (χ1) is 16.4. The lowest BCUT2D eigenvalue weighted by atomic mass is 9.77. The van der Waals surface area contributed by atoms with Gasteiger partial charge < -0.3 is 0 Å². The molecule has 0 saturated carbocycles. The molecule has 0 bridgehead atoms. The number of hydrogen-bond donors (Lipinski definition) is 0. The van der Waals surface area contributed by atoms with Gasteiger partial charge in [0.2, 0.25) is 11.4 Å². The standard InChI is InChI=1S/C32H32N/c1-2-3-11-22-33-31-26-16-9-7-12-23(26)18-20-28(31)30(25-14-5-4-6-15-25)29-21-19-24-13-8-10-17-27(24)32(29)33/h4-10,12-17H,2-3,11,18-22H2,1H3/q+1. The zero-order valence-corrected chi connectivity index (χ0v) is 19.6. The van der Waals surface area contributed by atoms with Crippen LogP contribution in [-0.2, 0) is 32.2 Å². The normalized spacial score (nSPS) is 13.6. The quantitative estimate of drug-likeness (QED) is 0.230. The Bertz CT molecular complexity index is 1240. The van der Waals surface area contributed by atoms with E-state index in [1.54, 1.807) is 11.1 Å². The van der Waals surface area contributed by atoms with Crippen LogP contribution in [0.1, 0.15) is 48.4 Å². The highest BCUT2D eigenvalue weighted by atomic mass is 15.0. The molecule has 4 aromatic rings. The largest absolute Gasteiger partial charge is 0.217 e. The van der Waals surface area contributed by atoms with Gasteiger partial charge in [-0.05, 0) is 60.9 Å². The van der Waals surface area contributed by atoms with Gasteiger partial charge in [-0.15, -0.1) is 0 Å². The number of rotatable bonds is 5. The maximum absolute atomic E-state index is 2.72. The van der Waals surface area contributed by atoms with E-state index < -0.39 is 0 Å². The summed E-state index contributed by atoms with van der Waals surface area (Å²) in [6.07, 6.45) is 8.27. The number of benzene rings is 3. The summed E-state index contributed by atoms with van der Waals surface area (Å²) in [7, 11) is 0. The molecule has 1 aromatic heterocycles. The second-order valence-corrected chi connectivity index (χ2v) is 9.57. The van der Waals surface area contributed by atoms with Crippen molar-refractivity contribution < 1.29 is 4.57 Å². The van der Waals surface area contributed by atoms with Crippen molar-refractivity contribution in [1.29, 1.82) is 0 Å². The molecule has 2 aliphatic rings. The zero-order chi connectivity index (χ0) is 22.2. The Morgan fingerprint density at radius 1 is 0.606 bits per heavy atom. The number of nitrogens with zero attached hydrogens (tertiary/aromatic N) is 1. The highest BCUT2D eigenvalue weighted by Gasteiger charge is 2.37. The van der Waals surface area contributed by atoms with E-state index in [9.17, 15) is 0 Å². The third-order valence-corrected chi connectivity index (χ3v) is 7.60. The second-order valence-electron chi connectivity index (χ2n) is 9.57. The molecule has 0 aliphatic heterocycles. The summed E-state index contributed by atoms with van der Waals surface area (Å²) in [5.41, 5.74) is 14.8. The minimum Gasteiger partial charge on any atom is -0.191 e. The van der Waals surface area contributed by atoms with Crippen LogP contribution in [0.3, 0.4) is 0 Å². The molecule has 0 N–H and O–H groups in total. The van der Waals surface area contributed by atoms with Gasteiger partial charge >= 0.3 is 0 Å². The summed E-state index contributed by atoms with van der Waals surface area (Å²) < 4.78 is 2.72. The number of aromatic nitrogens is 1. The number of pyridine rings is 1. The monoisotopic (exact) mass is 430 g/mol. The van der Waals surface area contributed by atoms with E-state index >= 15 is 0 Å². The SMILES string of the molecule is CCCCC[n+]1c2c(c(-c3ccccc3)c3c1-c1ccccc1CC3)CCc1ccccc1-2. The van der Waals surface area contributed by atoms with Crippen molar-refractivity contribution in [1.82, 2.24) is 0 Å². The van der Waals surface area contributed by atoms with Crippen molar-refractivity contribution in [3.05, 3.63) is 101 Å². The molecular formula is C32H32N+. The van der Waals surface area contributed by atoms with Gasteiger partial charge in [0.15, 0.2) is 0 Å². The van der Waals surface area contributed by atoms with Gasteiger partial charge in [-0.2, -0.15) is 4.57 Å². The fourth-order valence-corrected chi connectivity index (χ4v) is 6.11. The minimum absolute atomic E-state index is 1.09. The molecule has 0 fully saturated rings. The number of fused-ring (bicyclic) bond motifs is 6. The molecule has 2 aliphatic carbocycles. The maximum atomic E-state index is 2.72. The Balaban J connectivity index is 1.73. The Kier molecular flexibility index (Phi) is 5.34. The van der Waals surface area contributed by atoms with Crippen molar-refractivity contribution in [2.45, 2.75) is 58.4 Å². The van der Waals surface area contributed by atoms with Crippen LogP contribution in [0.4, 0.5) is 0 Å². The van der Waals surface area contributed by atoms with Gasteiger partial charge in [0, 0.05) is 34.2 Å². The Labute approximate surface area is 197 Å². The van der Waals surface area contributed by atoms with Crippen molar-refractivity contribution in [2.75, 3.05) is 0 Å². The van der Waals surface area contributed by atoms with Gasteiger partial charge in [-0.1, -0.05) is 80.1 Å². The zero-order valence-electron chi connectivity index (χ0n) is 19.6. The van der Waals surface area contributed by atoms with E-state index in [1.165, 1.54) is 64.0 Å². The fourth-order valence-electron chi connectivity index (χ4n) is 6.11. The number of unbranched alkanes of at least 4 members (excludes halogenated alkanes) is 2. The fraction of sp³-hybridized carbons (Fsp3) is 0.281. The molecule has 1 heterocycles. The van der Waals surface area contributed by atoms with Gasteiger partial charge in [0.1, 0.15) is 6.54 Å². The van der Waals surface area contributed by atoms with Gasteiger partial charge in [-0.3, -0.25) is 0 Å². The van der Waals surface area contributed by atoms with Crippen molar-refractivity contribution >= 4 is 0 Å². The molecule has 6 rings (SSSR count). The average Bonchev–Trinajstić information content (AvgIpc) is 2.88. The summed E-state index contributed by atoms with van der Waals surface area (Å²) in [4.78, 5) is 0. The van der Waals surface area contributed by atoms with E-state index in [2.05, 4.69) is 90.4 Å². The van der Waals surface area contributed by atoms with E-state index in [4.69, 9.17) is 0 Å². The van der Waals surface area contributed by atoms with E-state index in [0.717, 1.165) is 32.2 Å². The van der Waals surface area contributed by atoms with Crippen molar-refractivity contribution in [3.63, 3.8) is 0 Å². The highest BCUT2D eigenvalue weighted by molar-refractivity contribution is 5.85. The van der Waals surface area contributed by atoms with Crippen LogP contribution in [0.15, 0.2) is 78.9 Å². The van der Waals surface area contributed by atoms with E-state index in [-0.39, 0.29) is 0 Å². The summed E-state index contributed by atoms with van der Waals surface area (Å²) in [6, 6.07) is 29.4. The van der Waals surface area contributed by atoms with Crippen molar-refractivity contribution in [3.8, 4) is 33.6 Å². The third-order valence-electron chi connectivity index (χ3n) is 7.60. The Hall–Kier alpha value is -3.19. The predicted octanol–water partition coefficient (Wildman–Crippen LogP) is 7.36. The van der Waals surface area contributed by atoms with Crippen LogP contribution in [0.25, 0.3) is 33.6 Å². The predicted molar refractivity (Wildman–Crippen MR) is 137 cm³/mol. The molecule has 164 valence electrons. The van der Waals surface area contributed by atoms with E-state index in [1.807, 2.05) is 0 Å². The molecule has 0 atom stereocenters. The van der Waals surface area contributed by atoms with Crippen LogP contribution >= 0.6 is 0 Å². The molecule has 0 unspecified atom stereocenters. The van der Waals surface area contributed by atoms with Crippen LogP contribution in [0.5, 0.6) is 0 Å². The van der Waals surface area contributed by atoms with Crippen LogP contribution in [0, 0.1) is 0 Å². The lowest BCUT2D eigenvalue weighted by molar-refractivity contribution is -0.676. The molecule has 0 spiro atoms. The minimum atomic E-state index is 1.09. The second kappa shape index (κ2) is 8.63.